The van der Waals surface area contributed by atoms with Gasteiger partial charge in [-0.15, -0.1) is 0 Å². The van der Waals surface area contributed by atoms with E-state index in [0.29, 0.717) is 5.92 Å². The lowest BCUT2D eigenvalue weighted by Crippen LogP contribution is -2.37. The standard InChI is InChI=1S/C9H13BrN4/c10-7-4-12-5-13-9(7)8(14-11)6-2-1-3-6/h4-6,8,14H,1-3,11H2. The van der Waals surface area contributed by atoms with Crippen LogP contribution in [0.4, 0.5) is 0 Å². The number of nitrogens with zero attached hydrogens (tertiary/aromatic N) is 2. The zero-order valence-corrected chi connectivity index (χ0v) is 9.37. The second-order valence-electron chi connectivity index (χ2n) is 3.59. The number of aromatic nitrogens is 2. The van der Waals surface area contributed by atoms with E-state index in [-0.39, 0.29) is 6.04 Å². The van der Waals surface area contributed by atoms with Gasteiger partial charge in [0.1, 0.15) is 6.33 Å². The van der Waals surface area contributed by atoms with Gasteiger partial charge in [0, 0.05) is 6.20 Å². The Hall–Kier alpha value is -0.520. The highest BCUT2D eigenvalue weighted by Crippen LogP contribution is 2.38. The van der Waals surface area contributed by atoms with E-state index in [1.165, 1.54) is 19.3 Å². The van der Waals surface area contributed by atoms with Gasteiger partial charge >= 0.3 is 0 Å². The molecule has 0 amide bonds. The molecule has 5 heteroatoms. The first-order valence-electron chi connectivity index (χ1n) is 4.74. The van der Waals surface area contributed by atoms with E-state index in [1.807, 2.05) is 0 Å². The van der Waals surface area contributed by atoms with Crippen molar-refractivity contribution in [3.05, 3.63) is 22.7 Å². The summed E-state index contributed by atoms with van der Waals surface area (Å²) in [5, 5.41) is 0. The molecule has 3 N–H and O–H groups in total. The highest BCUT2D eigenvalue weighted by molar-refractivity contribution is 9.10. The van der Waals surface area contributed by atoms with Crippen molar-refractivity contribution in [1.82, 2.24) is 15.4 Å². The van der Waals surface area contributed by atoms with Crippen molar-refractivity contribution in [2.24, 2.45) is 11.8 Å². The molecule has 0 bridgehead atoms. The summed E-state index contributed by atoms with van der Waals surface area (Å²) in [5.74, 6) is 6.17. The van der Waals surface area contributed by atoms with E-state index in [0.717, 1.165) is 10.2 Å². The SMILES string of the molecule is NNC(c1ncncc1Br)C1CCC1. The van der Waals surface area contributed by atoms with Gasteiger partial charge in [0.25, 0.3) is 0 Å². The van der Waals surface area contributed by atoms with Crippen LogP contribution in [-0.2, 0) is 0 Å². The summed E-state index contributed by atoms with van der Waals surface area (Å²) in [5.41, 5.74) is 3.81. The summed E-state index contributed by atoms with van der Waals surface area (Å²) >= 11 is 3.44. The summed E-state index contributed by atoms with van der Waals surface area (Å²) < 4.78 is 0.926. The Balaban J connectivity index is 2.22. The Morgan fingerprint density at radius 2 is 2.36 bits per heavy atom. The fourth-order valence-electron chi connectivity index (χ4n) is 1.76. The van der Waals surface area contributed by atoms with Gasteiger partial charge in [-0.05, 0) is 34.7 Å². The van der Waals surface area contributed by atoms with Gasteiger partial charge in [-0.2, -0.15) is 0 Å². The fraction of sp³-hybridized carbons (Fsp3) is 0.556. The minimum Gasteiger partial charge on any atom is -0.271 e. The molecule has 1 atom stereocenters. The summed E-state index contributed by atoms with van der Waals surface area (Å²) in [4.78, 5) is 8.19. The van der Waals surface area contributed by atoms with Gasteiger partial charge in [0.15, 0.2) is 0 Å². The second-order valence-corrected chi connectivity index (χ2v) is 4.45. The molecule has 0 aromatic carbocycles. The van der Waals surface area contributed by atoms with Crippen LogP contribution in [0.3, 0.4) is 0 Å². The number of rotatable bonds is 3. The van der Waals surface area contributed by atoms with Crippen LogP contribution in [0.5, 0.6) is 0 Å². The lowest BCUT2D eigenvalue weighted by molar-refractivity contribution is 0.228. The Morgan fingerprint density at radius 3 is 2.86 bits per heavy atom. The Bertz CT molecular complexity index is 313. The molecule has 1 aliphatic rings. The van der Waals surface area contributed by atoms with Crippen LogP contribution in [0, 0.1) is 5.92 Å². The first-order valence-corrected chi connectivity index (χ1v) is 5.53. The Morgan fingerprint density at radius 1 is 1.57 bits per heavy atom. The van der Waals surface area contributed by atoms with E-state index in [1.54, 1.807) is 12.5 Å². The summed E-state index contributed by atoms with van der Waals surface area (Å²) in [6.45, 7) is 0. The lowest BCUT2D eigenvalue weighted by Gasteiger charge is -2.33. The quantitative estimate of drug-likeness (QED) is 0.637. The average Bonchev–Trinajstić information content (AvgIpc) is 2.12. The molecule has 14 heavy (non-hydrogen) atoms. The van der Waals surface area contributed by atoms with Gasteiger partial charge in [0.2, 0.25) is 0 Å². The van der Waals surface area contributed by atoms with Crippen molar-refractivity contribution in [2.45, 2.75) is 25.3 Å². The normalized spacial score (nSPS) is 19.0. The molecule has 76 valence electrons. The van der Waals surface area contributed by atoms with Gasteiger partial charge in [-0.25, -0.2) is 9.97 Å². The van der Waals surface area contributed by atoms with Crippen LogP contribution in [0.1, 0.15) is 31.0 Å². The molecular formula is C9H13BrN4. The first-order chi connectivity index (χ1) is 6.83. The Labute approximate surface area is 91.4 Å². The highest BCUT2D eigenvalue weighted by Gasteiger charge is 2.29. The number of hydrogen-bond donors (Lipinski definition) is 2. The number of hydrogen-bond acceptors (Lipinski definition) is 4. The van der Waals surface area contributed by atoms with E-state index in [2.05, 4.69) is 31.3 Å². The van der Waals surface area contributed by atoms with Gasteiger partial charge in [-0.1, -0.05) is 6.42 Å². The molecular weight excluding hydrogens is 244 g/mol. The van der Waals surface area contributed by atoms with Crippen LogP contribution in [-0.4, -0.2) is 9.97 Å². The Kier molecular flexibility index (Phi) is 3.10. The van der Waals surface area contributed by atoms with Crippen LogP contribution >= 0.6 is 15.9 Å². The van der Waals surface area contributed by atoms with Crippen molar-refractivity contribution in [2.75, 3.05) is 0 Å². The molecule has 1 fully saturated rings. The molecule has 0 saturated heterocycles. The highest BCUT2D eigenvalue weighted by atomic mass is 79.9. The molecule has 1 unspecified atom stereocenters. The molecule has 1 aliphatic carbocycles. The summed E-state index contributed by atoms with van der Waals surface area (Å²) in [7, 11) is 0. The number of nitrogens with two attached hydrogens (primary N) is 1. The van der Waals surface area contributed by atoms with Crippen LogP contribution < -0.4 is 11.3 Å². The molecule has 1 aromatic rings. The monoisotopic (exact) mass is 256 g/mol. The van der Waals surface area contributed by atoms with Gasteiger partial charge in [0.05, 0.1) is 16.2 Å². The number of nitrogens with one attached hydrogen (secondary N) is 1. The first kappa shape index (κ1) is 10.0. The fourth-order valence-corrected chi connectivity index (χ4v) is 2.23. The molecule has 1 heterocycles. The maximum atomic E-state index is 5.55. The smallest absolute Gasteiger partial charge is 0.115 e. The van der Waals surface area contributed by atoms with Gasteiger partial charge < -0.3 is 0 Å². The zero-order chi connectivity index (χ0) is 9.97. The maximum Gasteiger partial charge on any atom is 0.115 e. The number of hydrazine groups is 1. The maximum absolute atomic E-state index is 5.55. The van der Waals surface area contributed by atoms with E-state index in [4.69, 9.17) is 5.84 Å². The van der Waals surface area contributed by atoms with E-state index >= 15 is 0 Å². The predicted molar refractivity (Wildman–Crippen MR) is 57.1 cm³/mol. The summed E-state index contributed by atoms with van der Waals surface area (Å²) in [6.07, 6.45) is 7.07. The lowest BCUT2D eigenvalue weighted by atomic mass is 9.79. The molecule has 1 aromatic heterocycles. The zero-order valence-electron chi connectivity index (χ0n) is 7.78. The summed E-state index contributed by atoms with van der Waals surface area (Å²) in [6, 6.07) is 0.154. The van der Waals surface area contributed by atoms with Crippen molar-refractivity contribution in [1.29, 1.82) is 0 Å². The minimum absolute atomic E-state index is 0.154. The average molecular weight is 257 g/mol. The predicted octanol–water partition coefficient (Wildman–Crippen LogP) is 1.54. The molecule has 1 saturated carbocycles. The largest absolute Gasteiger partial charge is 0.271 e. The van der Waals surface area contributed by atoms with Crippen LogP contribution in [0.15, 0.2) is 17.0 Å². The van der Waals surface area contributed by atoms with Crippen molar-refractivity contribution in [3.63, 3.8) is 0 Å². The molecule has 0 spiro atoms. The topological polar surface area (TPSA) is 63.8 Å². The minimum atomic E-state index is 0.154. The number of halogens is 1. The molecule has 4 nitrogen and oxygen atoms in total. The van der Waals surface area contributed by atoms with E-state index in [9.17, 15) is 0 Å². The van der Waals surface area contributed by atoms with Crippen molar-refractivity contribution >= 4 is 15.9 Å². The third-order valence-corrected chi connectivity index (χ3v) is 3.40. The van der Waals surface area contributed by atoms with Gasteiger partial charge in [-0.3, -0.25) is 11.3 Å². The van der Waals surface area contributed by atoms with Crippen LogP contribution in [0.2, 0.25) is 0 Å². The second kappa shape index (κ2) is 4.33. The van der Waals surface area contributed by atoms with E-state index < -0.39 is 0 Å². The van der Waals surface area contributed by atoms with Crippen molar-refractivity contribution < 1.29 is 0 Å². The molecule has 0 aliphatic heterocycles. The molecule has 2 rings (SSSR count). The third kappa shape index (κ3) is 1.80. The third-order valence-electron chi connectivity index (χ3n) is 2.79. The van der Waals surface area contributed by atoms with Crippen LogP contribution in [0.25, 0.3) is 0 Å². The van der Waals surface area contributed by atoms with Crippen molar-refractivity contribution in [3.8, 4) is 0 Å². The molecule has 0 radical (unpaired) electrons.